The van der Waals surface area contributed by atoms with Crippen LogP contribution in [0.3, 0.4) is 0 Å². The van der Waals surface area contributed by atoms with E-state index in [1.807, 2.05) is 27.0 Å². The minimum absolute atomic E-state index is 0.00953. The van der Waals surface area contributed by atoms with Crippen LogP contribution in [0.15, 0.2) is 35.5 Å². The lowest BCUT2D eigenvalue weighted by Crippen LogP contribution is -2.52. The van der Waals surface area contributed by atoms with Crippen molar-refractivity contribution in [2.24, 2.45) is 0 Å². The third-order valence-electron chi connectivity index (χ3n) is 6.68. The number of nitrogens with zero attached hydrogens (tertiary/aromatic N) is 7. The Labute approximate surface area is 257 Å². The van der Waals surface area contributed by atoms with Gasteiger partial charge in [0.05, 0.1) is 38.3 Å². The van der Waals surface area contributed by atoms with Gasteiger partial charge in [-0.1, -0.05) is 23.2 Å². The second-order valence-corrected chi connectivity index (χ2v) is 11.7. The molecule has 4 heterocycles. The summed E-state index contributed by atoms with van der Waals surface area (Å²) in [4.78, 5) is 36.2. The highest BCUT2D eigenvalue weighted by Crippen LogP contribution is 2.42. The van der Waals surface area contributed by atoms with Crippen molar-refractivity contribution in [3.63, 3.8) is 0 Å². The quantitative estimate of drug-likeness (QED) is 0.321. The molecule has 0 unspecified atom stereocenters. The fraction of sp³-hybridized carbons (Fsp3) is 0.357. The van der Waals surface area contributed by atoms with Crippen LogP contribution in [0.1, 0.15) is 32.4 Å². The molecule has 2 N–H and O–H groups in total. The Morgan fingerprint density at radius 3 is 2.30 bits per heavy atom. The zero-order valence-corrected chi connectivity index (χ0v) is 25.9. The first-order chi connectivity index (χ1) is 20.3. The highest BCUT2D eigenvalue weighted by Gasteiger charge is 2.35. The number of aromatic nitrogens is 6. The number of amides is 1. The fourth-order valence-electron chi connectivity index (χ4n) is 4.44. The van der Waals surface area contributed by atoms with E-state index in [1.54, 1.807) is 28.8 Å². The van der Waals surface area contributed by atoms with Gasteiger partial charge in [0.1, 0.15) is 44.2 Å². The molecule has 1 aliphatic rings. The number of hydrogen-bond donors (Lipinski definition) is 1. The van der Waals surface area contributed by atoms with Crippen molar-refractivity contribution < 1.29 is 19.0 Å². The number of hydrogen-bond acceptors (Lipinski definition) is 10. The van der Waals surface area contributed by atoms with Crippen molar-refractivity contribution >= 4 is 35.1 Å². The molecule has 0 spiro atoms. The molecule has 1 amide bonds. The predicted octanol–water partition coefficient (Wildman–Crippen LogP) is 4.56. The van der Waals surface area contributed by atoms with Crippen molar-refractivity contribution in [3.8, 4) is 39.8 Å². The van der Waals surface area contributed by atoms with Gasteiger partial charge in [-0.05, 0) is 33.8 Å². The normalized spacial score (nSPS) is 13.5. The zero-order valence-electron chi connectivity index (χ0n) is 24.4. The molecule has 1 aromatic carbocycles. The van der Waals surface area contributed by atoms with E-state index in [9.17, 15) is 9.59 Å². The maximum Gasteiger partial charge on any atom is 0.410 e. The van der Waals surface area contributed by atoms with Crippen LogP contribution in [0.5, 0.6) is 11.5 Å². The summed E-state index contributed by atoms with van der Waals surface area (Å²) in [5.74, 6) is 0.586. The first-order valence-electron chi connectivity index (χ1n) is 13.2. The second kappa shape index (κ2) is 11.4. The van der Waals surface area contributed by atoms with E-state index in [-0.39, 0.29) is 56.6 Å². The van der Waals surface area contributed by atoms with Gasteiger partial charge in [0.25, 0.3) is 5.56 Å². The zero-order chi connectivity index (χ0) is 31.2. The number of benzene rings is 1. The molecular weight excluding hydrogens is 599 g/mol. The second-order valence-electron chi connectivity index (χ2n) is 10.9. The molecule has 43 heavy (non-hydrogen) atoms. The maximum absolute atomic E-state index is 13.3. The first kappa shape index (κ1) is 30.1. The number of carbonyl (C=O) groups excluding carboxylic acids is 1. The Morgan fingerprint density at radius 2 is 1.70 bits per heavy atom. The molecule has 0 bridgehead atoms. The van der Waals surface area contributed by atoms with Crippen molar-refractivity contribution in [1.82, 2.24) is 34.4 Å². The number of likely N-dealkylation sites (tertiary alicyclic amines) is 1. The molecule has 15 heteroatoms. The number of aryl methyl sites for hydroxylation is 1. The van der Waals surface area contributed by atoms with Gasteiger partial charge in [-0.15, -0.1) is 0 Å². The van der Waals surface area contributed by atoms with Crippen LogP contribution in [-0.4, -0.2) is 73.4 Å². The van der Waals surface area contributed by atoms with Gasteiger partial charge in [0, 0.05) is 36.5 Å². The topological polar surface area (TPSA) is 153 Å². The van der Waals surface area contributed by atoms with E-state index in [1.165, 1.54) is 26.5 Å². The summed E-state index contributed by atoms with van der Waals surface area (Å²) in [5.41, 5.74) is 7.28. The van der Waals surface area contributed by atoms with Crippen molar-refractivity contribution in [3.05, 3.63) is 56.7 Å². The van der Waals surface area contributed by atoms with Crippen LogP contribution >= 0.6 is 23.2 Å². The van der Waals surface area contributed by atoms with E-state index in [0.29, 0.717) is 29.9 Å². The number of rotatable bonds is 6. The lowest BCUT2D eigenvalue weighted by Gasteiger charge is -2.39. The standard InChI is InChI=1S/C28H30Cl2N8O5/c1-14-7-17(35-38(26(14)39)24-21(29)19(41-5)8-20(42-6)22(24)30)23-25(31)32-10-18(34-23)15-9-33-37(11-15)16-12-36(13-16)27(40)43-28(2,3)4/h7-11,16H,12-13H2,1-6H3,(H2,31,32). The van der Waals surface area contributed by atoms with Crippen LogP contribution in [0.4, 0.5) is 10.6 Å². The van der Waals surface area contributed by atoms with Gasteiger partial charge in [-0.3, -0.25) is 9.48 Å². The highest BCUT2D eigenvalue weighted by molar-refractivity contribution is 6.39. The summed E-state index contributed by atoms with van der Waals surface area (Å²) in [7, 11) is 2.87. The lowest BCUT2D eigenvalue weighted by molar-refractivity contribution is -0.000384. The van der Waals surface area contributed by atoms with Gasteiger partial charge in [0.15, 0.2) is 5.82 Å². The molecule has 3 aromatic heterocycles. The van der Waals surface area contributed by atoms with Gasteiger partial charge >= 0.3 is 6.09 Å². The molecule has 4 aromatic rings. The average molecular weight is 630 g/mol. The Morgan fingerprint density at radius 1 is 1.05 bits per heavy atom. The molecule has 5 rings (SSSR count). The van der Waals surface area contributed by atoms with Gasteiger partial charge in [-0.25, -0.2) is 14.8 Å². The Kier molecular flexibility index (Phi) is 7.97. The highest BCUT2D eigenvalue weighted by atomic mass is 35.5. The number of carbonyl (C=O) groups is 1. The van der Waals surface area contributed by atoms with Crippen molar-refractivity contribution in [2.75, 3.05) is 33.0 Å². The molecule has 0 radical (unpaired) electrons. The Balaban J connectivity index is 1.48. The molecule has 13 nitrogen and oxygen atoms in total. The molecular formula is C28H30Cl2N8O5. The van der Waals surface area contributed by atoms with E-state index >= 15 is 0 Å². The van der Waals surface area contributed by atoms with Crippen LogP contribution in [-0.2, 0) is 4.74 Å². The lowest BCUT2D eigenvalue weighted by atomic mass is 10.1. The van der Waals surface area contributed by atoms with Gasteiger partial charge in [-0.2, -0.15) is 14.9 Å². The Bertz CT molecular complexity index is 1750. The molecule has 1 fully saturated rings. The number of ether oxygens (including phenoxy) is 3. The van der Waals surface area contributed by atoms with Gasteiger partial charge in [0.2, 0.25) is 0 Å². The monoisotopic (exact) mass is 628 g/mol. The maximum atomic E-state index is 13.3. The molecule has 0 saturated carbocycles. The third-order valence-corrected chi connectivity index (χ3v) is 7.41. The van der Waals surface area contributed by atoms with Crippen LogP contribution < -0.4 is 20.8 Å². The Hall–Kier alpha value is -4.36. The molecule has 1 saturated heterocycles. The first-order valence-corrected chi connectivity index (χ1v) is 13.9. The third kappa shape index (κ3) is 5.82. The summed E-state index contributed by atoms with van der Waals surface area (Å²) >= 11 is 13.2. The minimum Gasteiger partial charge on any atom is -0.495 e. The van der Waals surface area contributed by atoms with Crippen LogP contribution in [0.25, 0.3) is 28.3 Å². The van der Waals surface area contributed by atoms with Crippen LogP contribution in [0, 0.1) is 6.92 Å². The minimum atomic E-state index is -0.563. The van der Waals surface area contributed by atoms with Crippen molar-refractivity contribution in [2.45, 2.75) is 39.3 Å². The SMILES string of the molecule is COc1cc(OC)c(Cl)c(-n2nc(-c3nc(-c4cnn(C5CN(C(=O)OC(C)(C)C)C5)c4)cnc3N)cc(C)c2=O)c1Cl. The number of halogens is 2. The number of anilines is 1. The van der Waals surface area contributed by atoms with E-state index in [4.69, 9.17) is 48.1 Å². The smallest absolute Gasteiger partial charge is 0.410 e. The average Bonchev–Trinajstić information content (AvgIpc) is 3.39. The molecule has 226 valence electrons. The van der Waals surface area contributed by atoms with E-state index in [2.05, 4.69) is 15.2 Å². The molecule has 0 aliphatic carbocycles. The number of methoxy groups -OCH3 is 2. The van der Waals surface area contributed by atoms with Crippen LogP contribution in [0.2, 0.25) is 10.0 Å². The largest absolute Gasteiger partial charge is 0.495 e. The summed E-state index contributed by atoms with van der Waals surface area (Å²) in [5, 5.41) is 9.12. The summed E-state index contributed by atoms with van der Waals surface area (Å²) in [6, 6.07) is 3.07. The summed E-state index contributed by atoms with van der Waals surface area (Å²) in [6.07, 6.45) is 4.64. The fourth-order valence-corrected chi connectivity index (χ4v) is 5.10. The van der Waals surface area contributed by atoms with Gasteiger partial charge < -0.3 is 24.8 Å². The van der Waals surface area contributed by atoms with Crippen molar-refractivity contribution in [1.29, 1.82) is 0 Å². The van der Waals surface area contributed by atoms with E-state index in [0.717, 1.165) is 4.68 Å². The number of nitrogen functional groups attached to an aromatic ring is 1. The molecule has 0 atom stereocenters. The number of nitrogens with two attached hydrogens (primary N) is 1. The predicted molar refractivity (Wildman–Crippen MR) is 161 cm³/mol. The summed E-state index contributed by atoms with van der Waals surface area (Å²) in [6.45, 7) is 8.06. The summed E-state index contributed by atoms with van der Waals surface area (Å²) < 4.78 is 19.0. The molecule has 1 aliphatic heterocycles. The van der Waals surface area contributed by atoms with E-state index < -0.39 is 11.2 Å².